The highest BCUT2D eigenvalue weighted by atomic mass is 35.5. The Hall–Kier alpha value is -0.190. The van der Waals surface area contributed by atoms with E-state index < -0.39 is 26.7 Å². The van der Waals surface area contributed by atoms with Gasteiger partial charge in [0.2, 0.25) is 20.0 Å². The van der Waals surface area contributed by atoms with Gasteiger partial charge in [-0.1, -0.05) is 0 Å². The van der Waals surface area contributed by atoms with E-state index in [4.69, 9.17) is 10.4 Å². The molecule has 0 aromatic carbocycles. The summed E-state index contributed by atoms with van der Waals surface area (Å²) in [6.07, 6.45) is 0. The Kier molecular flexibility index (Phi) is 28.6. The second kappa shape index (κ2) is 16.8. The third kappa shape index (κ3) is 56.9. The molecule has 9 nitrogen and oxygen atoms in total. The lowest BCUT2D eigenvalue weighted by Crippen LogP contribution is -3.00. The maximum absolute atomic E-state index is 9.97. The average molecular weight is 349 g/mol. The van der Waals surface area contributed by atoms with E-state index in [1.54, 1.807) is 0 Å². The van der Waals surface area contributed by atoms with Gasteiger partial charge >= 0.3 is 0 Å². The first-order valence-electron chi connectivity index (χ1n) is 3.79. The Bertz CT molecular complexity index is 335. The zero-order chi connectivity index (χ0) is 13.8. The number of quaternary nitrogens is 1. The van der Waals surface area contributed by atoms with E-state index in [9.17, 15) is 16.8 Å². The van der Waals surface area contributed by atoms with E-state index in [0.717, 1.165) is 0 Å². The lowest BCUT2D eigenvalue weighted by Gasteiger charge is -1.87. The molecule has 114 valence electrons. The standard InChI is InChI=1S/C2H8N2O2S.C2H7NO3S.CHN.2ClH/c3-1-2-7(4,5)6;3-7(5,6)2-1-4;1-2;;/h1-3H2,(H2,4,5,6);4H,1-2H2,(H2,3,5,6);1H;2*1H. The Morgan fingerprint density at radius 2 is 1.33 bits per heavy atom. The zero-order valence-corrected chi connectivity index (χ0v) is 12.6. The van der Waals surface area contributed by atoms with E-state index in [0.29, 0.717) is 6.54 Å². The number of aliphatic hydroxyl groups excluding tert-OH is 1. The lowest BCUT2D eigenvalue weighted by atomic mass is 10.8. The van der Waals surface area contributed by atoms with Crippen molar-refractivity contribution < 1.29 is 40.1 Å². The van der Waals surface area contributed by atoms with Gasteiger partial charge in [-0.05, 0) is 0 Å². The zero-order valence-electron chi connectivity index (χ0n) is 9.40. The van der Waals surface area contributed by atoms with Crippen molar-refractivity contribution in [2.45, 2.75) is 0 Å². The molecule has 8 N–H and O–H groups in total. The summed E-state index contributed by atoms with van der Waals surface area (Å²) in [5.41, 5.74) is 3.31. The maximum Gasteiger partial charge on any atom is 0.214 e. The number of sulfonamides is 2. The first kappa shape index (κ1) is 30.7. The molecule has 0 heterocycles. The lowest BCUT2D eigenvalue weighted by molar-refractivity contribution is -0.360. The van der Waals surface area contributed by atoms with Crippen molar-refractivity contribution in [3.63, 3.8) is 0 Å². The second-order valence-corrected chi connectivity index (χ2v) is 5.78. The molecule has 18 heavy (non-hydrogen) atoms. The maximum atomic E-state index is 9.97. The van der Waals surface area contributed by atoms with Gasteiger partial charge in [0.1, 0.15) is 5.75 Å². The quantitative estimate of drug-likeness (QED) is 0.389. The Labute approximate surface area is 119 Å². The van der Waals surface area contributed by atoms with E-state index >= 15 is 0 Å². The van der Waals surface area contributed by atoms with Crippen molar-refractivity contribution in [2.24, 2.45) is 10.3 Å². The van der Waals surface area contributed by atoms with Gasteiger partial charge in [0.15, 0.2) is 0 Å². The van der Waals surface area contributed by atoms with Gasteiger partial charge in [-0.2, -0.15) is 0 Å². The molecule has 0 atom stereocenters. The van der Waals surface area contributed by atoms with Crippen LogP contribution >= 0.6 is 12.4 Å². The van der Waals surface area contributed by atoms with Crippen molar-refractivity contribution in [1.82, 2.24) is 0 Å². The van der Waals surface area contributed by atoms with E-state index in [1.165, 1.54) is 0 Å². The SMILES string of the molecule is C#N.Cl.NS(=O)(=O)CCO.NS(=O)(=O)CC[NH3+].[Cl-]. The van der Waals surface area contributed by atoms with E-state index in [-0.39, 0.29) is 36.3 Å². The minimum atomic E-state index is -3.42. The molecule has 0 bridgehead atoms. The van der Waals surface area contributed by atoms with Crippen LogP contribution in [-0.4, -0.2) is 46.6 Å². The van der Waals surface area contributed by atoms with Crippen LogP contribution in [0.25, 0.3) is 0 Å². The monoisotopic (exact) mass is 348 g/mol. The van der Waals surface area contributed by atoms with Crippen LogP contribution in [0, 0.1) is 11.8 Å². The molecule has 0 aliphatic carbocycles. The minimum Gasteiger partial charge on any atom is -1.00 e. The van der Waals surface area contributed by atoms with Gasteiger partial charge in [-0.25, -0.2) is 32.4 Å². The third-order valence-electron chi connectivity index (χ3n) is 0.805. The Morgan fingerprint density at radius 1 is 1.06 bits per heavy atom. The van der Waals surface area contributed by atoms with Crippen LogP contribution < -0.4 is 28.4 Å². The minimum absolute atomic E-state index is 0. The normalized spacial score (nSPS) is 9.22. The summed E-state index contributed by atoms with van der Waals surface area (Å²) in [5.74, 6) is -0.375. The van der Waals surface area contributed by atoms with Crippen LogP contribution in [0.15, 0.2) is 0 Å². The summed E-state index contributed by atoms with van der Waals surface area (Å²) in [6, 6.07) is 0. The molecule has 0 spiro atoms. The van der Waals surface area contributed by atoms with E-state index in [1.807, 2.05) is 0 Å². The fourth-order valence-corrected chi connectivity index (χ4v) is 0.985. The Balaban J connectivity index is -0.0000000500. The smallest absolute Gasteiger partial charge is 0.214 e. The summed E-state index contributed by atoms with van der Waals surface area (Å²) in [4.78, 5) is 0. The van der Waals surface area contributed by atoms with Crippen LogP contribution in [0.1, 0.15) is 0 Å². The van der Waals surface area contributed by atoms with Crippen molar-refractivity contribution >= 4 is 32.5 Å². The van der Waals surface area contributed by atoms with Gasteiger partial charge in [0.05, 0.1) is 18.9 Å². The van der Waals surface area contributed by atoms with Crippen LogP contribution in [0.5, 0.6) is 0 Å². The summed E-state index contributed by atoms with van der Waals surface area (Å²) in [6.45, 7) is 3.44. The van der Waals surface area contributed by atoms with Crippen molar-refractivity contribution in [2.75, 3.05) is 24.7 Å². The molecule has 0 fully saturated rings. The number of nitriles is 1. The van der Waals surface area contributed by atoms with Gasteiger partial charge in [-0.3, -0.25) is 0 Å². The van der Waals surface area contributed by atoms with Crippen LogP contribution in [0.2, 0.25) is 0 Å². The molecular weight excluding hydrogens is 331 g/mol. The highest BCUT2D eigenvalue weighted by Crippen LogP contribution is 1.70. The first-order valence-corrected chi connectivity index (χ1v) is 7.22. The van der Waals surface area contributed by atoms with E-state index in [2.05, 4.69) is 22.6 Å². The van der Waals surface area contributed by atoms with Crippen molar-refractivity contribution in [1.29, 1.82) is 5.26 Å². The van der Waals surface area contributed by atoms with Crippen molar-refractivity contribution in [3.05, 3.63) is 0 Å². The van der Waals surface area contributed by atoms with Gasteiger partial charge in [-0.15, -0.1) is 12.4 Å². The number of hydrogen-bond acceptors (Lipinski definition) is 6. The number of rotatable bonds is 4. The number of primary sulfonamides is 2. The number of nitrogens with two attached hydrogens (primary N) is 2. The van der Waals surface area contributed by atoms with Crippen LogP contribution in [0.4, 0.5) is 0 Å². The highest BCUT2D eigenvalue weighted by Gasteiger charge is 1.98. The molecule has 0 radical (unpaired) electrons. The largest absolute Gasteiger partial charge is 1.00 e. The molecule has 0 aliphatic rings. The predicted molar refractivity (Wildman–Crippen MR) is 64.7 cm³/mol. The summed E-state index contributed by atoms with van der Waals surface area (Å²) in [7, 11) is -6.66. The topological polar surface area (TPSA) is 192 Å². The molecule has 0 aliphatic heterocycles. The van der Waals surface area contributed by atoms with Gasteiger partial charge in [0.25, 0.3) is 0 Å². The molecule has 0 amide bonds. The summed E-state index contributed by atoms with van der Waals surface area (Å²) < 4.78 is 39.6. The molecule has 0 saturated heterocycles. The number of aliphatic hydroxyl groups is 1. The van der Waals surface area contributed by atoms with Crippen LogP contribution in [-0.2, 0) is 20.0 Å². The fraction of sp³-hybridized carbons (Fsp3) is 0.800. The molecular formula is C5H18Cl2N4O5S2. The second-order valence-electron chi connectivity index (χ2n) is 2.31. The molecule has 0 saturated carbocycles. The first-order chi connectivity index (χ1) is 7.12. The number of halogens is 2. The predicted octanol–water partition coefficient (Wildman–Crippen LogP) is -6.65. The molecule has 0 aromatic rings. The van der Waals surface area contributed by atoms with Crippen LogP contribution in [0.3, 0.4) is 0 Å². The molecule has 0 aromatic heterocycles. The number of hydrogen-bond donors (Lipinski definition) is 4. The molecule has 0 rings (SSSR count). The number of nitrogens with zero attached hydrogens (tertiary/aromatic N) is 1. The summed E-state index contributed by atoms with van der Waals surface area (Å²) >= 11 is 0. The molecule has 0 unspecified atom stereocenters. The van der Waals surface area contributed by atoms with Crippen molar-refractivity contribution in [3.8, 4) is 6.57 Å². The Morgan fingerprint density at radius 3 is 1.33 bits per heavy atom. The average Bonchev–Trinajstić information content (AvgIpc) is 2.04. The fourth-order valence-electron chi connectivity index (χ4n) is 0.328. The highest BCUT2D eigenvalue weighted by molar-refractivity contribution is 7.89. The van der Waals surface area contributed by atoms with Gasteiger partial charge in [0, 0.05) is 6.57 Å². The van der Waals surface area contributed by atoms with Gasteiger partial charge < -0.3 is 23.2 Å². The molecule has 13 heteroatoms. The summed E-state index contributed by atoms with van der Waals surface area (Å²) in [5, 5.41) is 23.5. The third-order valence-corrected chi connectivity index (χ3v) is 2.41.